The summed E-state index contributed by atoms with van der Waals surface area (Å²) < 4.78 is 0.558. The number of Topliss-reactive ketones (excluding diaryl/α,β-unsaturated/α-hetero) is 1. The third kappa shape index (κ3) is 2.40. The van der Waals surface area contributed by atoms with Crippen molar-refractivity contribution >= 4 is 45.3 Å². The molecule has 0 fully saturated rings. The minimum Gasteiger partial charge on any atom is -0.380 e. The Labute approximate surface area is 136 Å². The molecular formula is C16H14ClN3OS. The van der Waals surface area contributed by atoms with E-state index in [9.17, 15) is 4.79 Å². The van der Waals surface area contributed by atoms with Gasteiger partial charge in [-0.1, -0.05) is 17.7 Å². The minimum atomic E-state index is 0.228. The summed E-state index contributed by atoms with van der Waals surface area (Å²) in [6.07, 6.45) is 4.36. The van der Waals surface area contributed by atoms with Gasteiger partial charge in [0.2, 0.25) is 0 Å². The Morgan fingerprint density at radius 1 is 1.36 bits per heavy atom. The number of aromatic nitrogens is 2. The number of carbonyl (C=O) groups is 1. The highest BCUT2D eigenvalue weighted by Gasteiger charge is 2.21. The van der Waals surface area contributed by atoms with Crippen LogP contribution in [-0.2, 0) is 13.0 Å². The lowest BCUT2D eigenvalue weighted by Gasteiger charge is -2.09. The van der Waals surface area contributed by atoms with E-state index >= 15 is 0 Å². The van der Waals surface area contributed by atoms with Crippen molar-refractivity contribution in [2.24, 2.45) is 0 Å². The molecule has 22 heavy (non-hydrogen) atoms. The number of benzene rings is 1. The number of halogens is 1. The van der Waals surface area contributed by atoms with Crippen molar-refractivity contribution in [1.82, 2.24) is 9.97 Å². The molecule has 4 nitrogen and oxygen atoms in total. The van der Waals surface area contributed by atoms with E-state index in [1.807, 2.05) is 0 Å². The van der Waals surface area contributed by atoms with E-state index in [-0.39, 0.29) is 5.78 Å². The van der Waals surface area contributed by atoms with Gasteiger partial charge in [0.05, 0.1) is 12.2 Å². The third-order valence-corrected chi connectivity index (χ3v) is 5.12. The average molecular weight is 332 g/mol. The van der Waals surface area contributed by atoms with Crippen molar-refractivity contribution in [2.75, 3.05) is 5.32 Å². The Hall–Kier alpha value is -1.85. The lowest BCUT2D eigenvalue weighted by atomic mass is 9.95. The van der Waals surface area contributed by atoms with E-state index in [1.165, 1.54) is 16.9 Å². The van der Waals surface area contributed by atoms with Crippen LogP contribution in [0.25, 0.3) is 10.9 Å². The summed E-state index contributed by atoms with van der Waals surface area (Å²) in [5.74, 6) is 0.228. The molecule has 3 aromatic rings. The molecule has 112 valence electrons. The summed E-state index contributed by atoms with van der Waals surface area (Å²) in [4.78, 5) is 20.4. The smallest absolute Gasteiger partial charge is 0.183 e. The number of nitrogens with zero attached hydrogens (tertiary/aromatic N) is 1. The number of H-pyrrole nitrogens is 1. The number of nitrogens with one attached hydrogen (secondary N) is 2. The van der Waals surface area contributed by atoms with E-state index in [4.69, 9.17) is 11.6 Å². The summed E-state index contributed by atoms with van der Waals surface area (Å²) in [5, 5.41) is 4.53. The molecule has 0 saturated carbocycles. The average Bonchev–Trinajstić information content (AvgIpc) is 3.09. The van der Waals surface area contributed by atoms with Crippen LogP contribution < -0.4 is 5.32 Å². The van der Waals surface area contributed by atoms with Crippen LogP contribution in [0.1, 0.15) is 33.8 Å². The molecule has 0 saturated heterocycles. The summed E-state index contributed by atoms with van der Waals surface area (Å²) in [7, 11) is 0. The summed E-state index contributed by atoms with van der Waals surface area (Å²) in [6.45, 7) is 0.690. The van der Waals surface area contributed by atoms with Crippen LogP contribution in [0.3, 0.4) is 0 Å². The zero-order valence-electron chi connectivity index (χ0n) is 11.8. The first kappa shape index (κ1) is 13.8. The van der Waals surface area contributed by atoms with Crippen LogP contribution in [0.5, 0.6) is 0 Å². The molecule has 0 spiro atoms. The first-order valence-electron chi connectivity index (χ1n) is 7.22. The maximum Gasteiger partial charge on any atom is 0.183 e. The van der Waals surface area contributed by atoms with Crippen LogP contribution in [0.15, 0.2) is 24.4 Å². The molecule has 0 atom stereocenters. The number of hydrogen-bond acceptors (Lipinski definition) is 4. The van der Waals surface area contributed by atoms with E-state index in [2.05, 4.69) is 33.5 Å². The van der Waals surface area contributed by atoms with Crippen molar-refractivity contribution in [3.63, 3.8) is 0 Å². The number of rotatable bonds is 3. The summed E-state index contributed by atoms with van der Waals surface area (Å²) in [5.41, 5.74) is 4.01. The fourth-order valence-corrected chi connectivity index (χ4v) is 3.89. The number of thiazole rings is 1. The molecule has 1 aliphatic carbocycles. The molecular weight excluding hydrogens is 318 g/mol. The maximum atomic E-state index is 12.0. The van der Waals surface area contributed by atoms with Gasteiger partial charge in [0.1, 0.15) is 0 Å². The molecule has 6 heteroatoms. The number of carbonyl (C=O) groups excluding carboxylic acids is 1. The van der Waals surface area contributed by atoms with Crippen LogP contribution in [0.4, 0.5) is 5.69 Å². The second-order valence-electron chi connectivity index (χ2n) is 5.45. The third-order valence-electron chi connectivity index (χ3n) is 4.01. The Kier molecular flexibility index (Phi) is 3.39. The normalized spacial score (nSPS) is 14.3. The molecule has 2 aromatic heterocycles. The summed E-state index contributed by atoms with van der Waals surface area (Å²) >= 11 is 7.31. The predicted octanol–water partition coefficient (Wildman–Crippen LogP) is 4.41. The van der Waals surface area contributed by atoms with Crippen LogP contribution in [0.2, 0.25) is 4.47 Å². The molecule has 0 amide bonds. The van der Waals surface area contributed by atoms with Crippen molar-refractivity contribution in [2.45, 2.75) is 25.8 Å². The highest BCUT2D eigenvalue weighted by Crippen LogP contribution is 2.30. The van der Waals surface area contributed by atoms with Crippen molar-refractivity contribution in [1.29, 1.82) is 0 Å². The molecule has 0 aliphatic heterocycles. The molecule has 4 rings (SSSR count). The van der Waals surface area contributed by atoms with Crippen LogP contribution >= 0.6 is 22.9 Å². The Bertz CT molecular complexity index is 868. The SMILES string of the molecule is O=C1CCCc2c1[nH]c1cc(NCc3cnc(Cl)s3)ccc21. The minimum absolute atomic E-state index is 0.228. The van der Waals surface area contributed by atoms with E-state index < -0.39 is 0 Å². The Morgan fingerprint density at radius 2 is 2.27 bits per heavy atom. The largest absolute Gasteiger partial charge is 0.380 e. The van der Waals surface area contributed by atoms with Gasteiger partial charge in [0.15, 0.2) is 10.3 Å². The lowest BCUT2D eigenvalue weighted by molar-refractivity contribution is 0.0968. The predicted molar refractivity (Wildman–Crippen MR) is 90.0 cm³/mol. The molecule has 1 aliphatic rings. The van der Waals surface area contributed by atoms with Gasteiger partial charge in [-0.2, -0.15) is 0 Å². The quantitative estimate of drug-likeness (QED) is 0.747. The first-order chi connectivity index (χ1) is 10.7. The zero-order valence-corrected chi connectivity index (χ0v) is 13.4. The Morgan fingerprint density at radius 3 is 3.09 bits per heavy atom. The second kappa shape index (κ2) is 5.41. The number of aryl methyl sites for hydroxylation is 1. The number of anilines is 1. The number of fused-ring (bicyclic) bond motifs is 3. The second-order valence-corrected chi connectivity index (χ2v) is 7.15. The van der Waals surface area contributed by atoms with Gasteiger partial charge in [0, 0.05) is 34.1 Å². The van der Waals surface area contributed by atoms with Gasteiger partial charge in [-0.25, -0.2) is 4.98 Å². The van der Waals surface area contributed by atoms with Crippen molar-refractivity contribution in [3.05, 3.63) is 45.0 Å². The van der Waals surface area contributed by atoms with Gasteiger partial charge in [-0.05, 0) is 30.5 Å². The summed E-state index contributed by atoms with van der Waals surface area (Å²) in [6, 6.07) is 6.20. The van der Waals surface area contributed by atoms with Gasteiger partial charge >= 0.3 is 0 Å². The van der Waals surface area contributed by atoms with E-state index in [1.54, 1.807) is 6.20 Å². The molecule has 1 aromatic carbocycles. The van der Waals surface area contributed by atoms with Gasteiger partial charge in [0.25, 0.3) is 0 Å². The molecule has 0 bridgehead atoms. The molecule has 0 radical (unpaired) electrons. The van der Waals surface area contributed by atoms with E-state index in [0.29, 0.717) is 17.4 Å². The van der Waals surface area contributed by atoms with Gasteiger partial charge < -0.3 is 10.3 Å². The lowest BCUT2D eigenvalue weighted by Crippen LogP contribution is -2.09. The monoisotopic (exact) mass is 331 g/mol. The number of aromatic amines is 1. The highest BCUT2D eigenvalue weighted by atomic mass is 35.5. The van der Waals surface area contributed by atoms with Crippen LogP contribution in [0, 0.1) is 0 Å². The van der Waals surface area contributed by atoms with Gasteiger partial charge in [-0.3, -0.25) is 4.79 Å². The van der Waals surface area contributed by atoms with E-state index in [0.717, 1.165) is 40.0 Å². The topological polar surface area (TPSA) is 57.8 Å². The highest BCUT2D eigenvalue weighted by molar-refractivity contribution is 7.15. The van der Waals surface area contributed by atoms with Gasteiger partial charge in [-0.15, -0.1) is 11.3 Å². The fraction of sp³-hybridized carbons (Fsp3) is 0.250. The molecule has 2 N–H and O–H groups in total. The fourth-order valence-electron chi connectivity index (χ4n) is 2.97. The zero-order chi connectivity index (χ0) is 15.1. The van der Waals surface area contributed by atoms with Crippen molar-refractivity contribution < 1.29 is 4.79 Å². The molecule has 2 heterocycles. The number of ketones is 1. The molecule has 0 unspecified atom stereocenters. The van der Waals surface area contributed by atoms with Crippen molar-refractivity contribution in [3.8, 4) is 0 Å². The first-order valence-corrected chi connectivity index (χ1v) is 8.42. The standard InChI is InChI=1S/C16H14ClN3OS/c17-16-19-8-10(22-16)7-18-9-4-5-11-12-2-1-3-14(21)15(12)20-13(11)6-9/h4-6,8,18,20H,1-3,7H2. The maximum absolute atomic E-state index is 12.0. The number of hydrogen-bond donors (Lipinski definition) is 2. The van der Waals surface area contributed by atoms with Crippen LogP contribution in [-0.4, -0.2) is 15.8 Å². The Balaban J connectivity index is 1.62.